The lowest BCUT2D eigenvalue weighted by Crippen LogP contribution is -1.92. The number of rotatable bonds is 2. The summed E-state index contributed by atoms with van der Waals surface area (Å²) in [5, 5.41) is 0. The number of hydrogen-bond donors (Lipinski definition) is 0. The highest BCUT2D eigenvalue weighted by molar-refractivity contribution is 9.10. The fraction of sp³-hybridized carbons (Fsp3) is 0.105. The van der Waals surface area contributed by atoms with Gasteiger partial charge in [0.25, 0.3) is 0 Å². The summed E-state index contributed by atoms with van der Waals surface area (Å²) in [5.41, 5.74) is 5.74. The van der Waals surface area contributed by atoms with Crippen molar-refractivity contribution >= 4 is 21.7 Å². The minimum Gasteiger partial charge on any atom is -0.313 e. The van der Waals surface area contributed by atoms with Crippen molar-refractivity contribution in [2.24, 2.45) is 7.05 Å². The fourth-order valence-corrected chi connectivity index (χ4v) is 3.07. The van der Waals surface area contributed by atoms with Crippen LogP contribution in [0.4, 0.5) is 0 Å². The van der Waals surface area contributed by atoms with Gasteiger partial charge in [0.1, 0.15) is 0 Å². The van der Waals surface area contributed by atoms with Crippen molar-refractivity contribution in [1.29, 1.82) is 0 Å². The second-order valence-corrected chi connectivity index (χ2v) is 6.70. The molecule has 0 spiro atoms. The third kappa shape index (κ3) is 2.49. The highest BCUT2D eigenvalue weighted by Gasteiger charge is 2.12. The van der Waals surface area contributed by atoms with E-state index in [4.69, 9.17) is 4.98 Å². The first-order valence-corrected chi connectivity index (χ1v) is 8.28. The van der Waals surface area contributed by atoms with Crippen LogP contribution in [0, 0.1) is 6.92 Å². The molecule has 0 amide bonds. The summed E-state index contributed by atoms with van der Waals surface area (Å²) in [7, 11) is 2.06. The summed E-state index contributed by atoms with van der Waals surface area (Å²) in [4.78, 5) is 4.79. The van der Waals surface area contributed by atoms with Crippen molar-refractivity contribution < 1.29 is 0 Å². The fourth-order valence-electron chi connectivity index (χ4n) is 2.81. The number of imidazole rings is 2. The Hall–Kier alpha value is -2.33. The summed E-state index contributed by atoms with van der Waals surface area (Å²) in [6, 6.07) is 16.8. The van der Waals surface area contributed by atoms with Gasteiger partial charge in [0.05, 0.1) is 11.4 Å². The third-order valence-electron chi connectivity index (χ3n) is 4.12. The molecule has 0 atom stereocenters. The summed E-state index contributed by atoms with van der Waals surface area (Å²) < 4.78 is 5.30. The minimum absolute atomic E-state index is 0.943. The van der Waals surface area contributed by atoms with Crippen molar-refractivity contribution in [2.45, 2.75) is 6.92 Å². The van der Waals surface area contributed by atoms with E-state index in [9.17, 15) is 0 Å². The first-order valence-electron chi connectivity index (χ1n) is 7.49. The molecule has 0 radical (unpaired) electrons. The van der Waals surface area contributed by atoms with E-state index in [2.05, 4.69) is 87.7 Å². The number of fused-ring (bicyclic) bond motifs is 1. The van der Waals surface area contributed by atoms with Crippen molar-refractivity contribution in [1.82, 2.24) is 14.0 Å². The Morgan fingerprint density at radius 2 is 1.52 bits per heavy atom. The van der Waals surface area contributed by atoms with Crippen LogP contribution < -0.4 is 0 Å². The molecule has 0 bridgehead atoms. The van der Waals surface area contributed by atoms with Crippen molar-refractivity contribution in [3.63, 3.8) is 0 Å². The Labute approximate surface area is 143 Å². The maximum absolute atomic E-state index is 4.79. The second kappa shape index (κ2) is 5.39. The average Bonchev–Trinajstić information content (AvgIpc) is 3.09. The van der Waals surface area contributed by atoms with Gasteiger partial charge in [-0.2, -0.15) is 0 Å². The van der Waals surface area contributed by atoms with E-state index in [0.29, 0.717) is 0 Å². The first-order chi connectivity index (χ1) is 11.1. The van der Waals surface area contributed by atoms with Gasteiger partial charge < -0.3 is 4.57 Å². The zero-order valence-electron chi connectivity index (χ0n) is 13.0. The molecular formula is C19H16BrN3. The minimum atomic E-state index is 0.943. The molecule has 4 heteroatoms. The molecule has 4 rings (SSSR count). The molecule has 0 N–H and O–H groups in total. The highest BCUT2D eigenvalue weighted by atomic mass is 79.9. The standard InChI is InChI=1S/C19H16BrN3/c1-13-3-5-15(6-4-13)18-12-23-11-17(21-19(23)22(18)2)14-7-9-16(20)10-8-14/h3-12H,1-2H3. The van der Waals surface area contributed by atoms with Gasteiger partial charge in [-0.05, 0) is 24.6 Å². The van der Waals surface area contributed by atoms with Crippen LogP contribution in [0.25, 0.3) is 28.3 Å². The van der Waals surface area contributed by atoms with Crippen molar-refractivity contribution in [3.8, 4) is 22.5 Å². The van der Waals surface area contributed by atoms with Crippen LogP contribution in [-0.2, 0) is 7.05 Å². The maximum atomic E-state index is 4.79. The molecule has 2 aromatic carbocycles. The molecule has 2 aromatic heterocycles. The van der Waals surface area contributed by atoms with Gasteiger partial charge in [-0.25, -0.2) is 4.98 Å². The molecule has 0 aliphatic heterocycles. The largest absolute Gasteiger partial charge is 0.313 e. The quantitative estimate of drug-likeness (QED) is 0.485. The molecule has 3 nitrogen and oxygen atoms in total. The monoisotopic (exact) mass is 365 g/mol. The number of benzene rings is 2. The van der Waals surface area contributed by atoms with Crippen LogP contribution in [0.5, 0.6) is 0 Å². The van der Waals surface area contributed by atoms with Gasteiger partial charge >= 0.3 is 0 Å². The van der Waals surface area contributed by atoms with Gasteiger partial charge in [-0.3, -0.25) is 4.40 Å². The Balaban J connectivity index is 1.80. The predicted molar refractivity (Wildman–Crippen MR) is 97.5 cm³/mol. The maximum Gasteiger partial charge on any atom is 0.214 e. The Morgan fingerprint density at radius 1 is 0.870 bits per heavy atom. The smallest absolute Gasteiger partial charge is 0.214 e. The van der Waals surface area contributed by atoms with Gasteiger partial charge in [0.15, 0.2) is 0 Å². The number of nitrogens with zero attached hydrogens (tertiary/aromatic N) is 3. The summed E-state index contributed by atoms with van der Waals surface area (Å²) in [6.07, 6.45) is 4.21. The van der Waals surface area contributed by atoms with Crippen molar-refractivity contribution in [2.75, 3.05) is 0 Å². The van der Waals surface area contributed by atoms with E-state index < -0.39 is 0 Å². The molecule has 23 heavy (non-hydrogen) atoms. The molecule has 0 saturated carbocycles. The number of aromatic nitrogens is 3. The molecule has 0 aliphatic carbocycles. The third-order valence-corrected chi connectivity index (χ3v) is 4.65. The number of aryl methyl sites for hydroxylation is 2. The number of halogens is 1. The summed E-state index contributed by atoms with van der Waals surface area (Å²) in [6.45, 7) is 2.10. The second-order valence-electron chi connectivity index (χ2n) is 5.78. The molecule has 4 aromatic rings. The highest BCUT2D eigenvalue weighted by Crippen LogP contribution is 2.26. The lowest BCUT2D eigenvalue weighted by Gasteiger charge is -2.03. The summed E-state index contributed by atoms with van der Waals surface area (Å²) >= 11 is 3.47. The molecule has 0 aliphatic rings. The van der Waals surface area contributed by atoms with Gasteiger partial charge in [-0.1, -0.05) is 57.9 Å². The summed E-state index contributed by atoms with van der Waals surface area (Å²) in [5.74, 6) is 0.943. The topological polar surface area (TPSA) is 22.2 Å². The normalized spacial score (nSPS) is 11.3. The van der Waals surface area contributed by atoms with Gasteiger partial charge in [-0.15, -0.1) is 0 Å². The Bertz CT molecular complexity index is 976. The van der Waals surface area contributed by atoms with Crippen LogP contribution in [0.1, 0.15) is 5.56 Å². The lowest BCUT2D eigenvalue weighted by molar-refractivity contribution is 0.945. The molecule has 0 saturated heterocycles. The van der Waals surface area contributed by atoms with Gasteiger partial charge in [0.2, 0.25) is 5.78 Å². The SMILES string of the molecule is Cc1ccc(-c2cn3cc(-c4ccc(Br)cc4)nc3n2C)cc1. The van der Waals surface area contributed by atoms with Crippen LogP contribution in [0.2, 0.25) is 0 Å². The van der Waals surface area contributed by atoms with Crippen LogP contribution >= 0.6 is 15.9 Å². The van der Waals surface area contributed by atoms with E-state index in [1.165, 1.54) is 11.1 Å². The van der Waals surface area contributed by atoms with E-state index in [1.54, 1.807) is 0 Å². The van der Waals surface area contributed by atoms with Crippen LogP contribution in [0.15, 0.2) is 65.4 Å². The molecule has 0 unspecified atom stereocenters. The Morgan fingerprint density at radius 3 is 2.17 bits per heavy atom. The predicted octanol–water partition coefficient (Wildman–Crippen LogP) is 5.08. The van der Waals surface area contributed by atoms with E-state index in [-0.39, 0.29) is 0 Å². The van der Waals surface area contributed by atoms with Crippen LogP contribution in [-0.4, -0.2) is 14.0 Å². The zero-order valence-corrected chi connectivity index (χ0v) is 14.6. The van der Waals surface area contributed by atoms with E-state index in [1.807, 2.05) is 12.1 Å². The molecule has 114 valence electrons. The first kappa shape index (κ1) is 14.3. The van der Waals surface area contributed by atoms with Crippen LogP contribution in [0.3, 0.4) is 0 Å². The number of hydrogen-bond acceptors (Lipinski definition) is 1. The molecule has 0 fully saturated rings. The Kier molecular flexibility index (Phi) is 3.34. The molecule has 2 heterocycles. The lowest BCUT2D eigenvalue weighted by atomic mass is 10.1. The van der Waals surface area contributed by atoms with E-state index in [0.717, 1.165) is 27.2 Å². The van der Waals surface area contributed by atoms with Crippen molar-refractivity contribution in [3.05, 3.63) is 71.0 Å². The molecular weight excluding hydrogens is 350 g/mol. The van der Waals surface area contributed by atoms with Gasteiger partial charge in [0, 0.05) is 29.5 Å². The zero-order chi connectivity index (χ0) is 16.0. The average molecular weight is 366 g/mol. The van der Waals surface area contributed by atoms with E-state index >= 15 is 0 Å².